The number of hydrogen-bond acceptors (Lipinski definition) is 19. The molecule has 4 aliphatic rings. The zero-order chi connectivity index (χ0) is 41.9. The molecular formula is C36H55N7O13S. The Morgan fingerprint density at radius 3 is 2.04 bits per heavy atom. The number of aliphatic hydroxyl groups is 7. The van der Waals surface area contributed by atoms with Crippen molar-refractivity contribution in [1.29, 1.82) is 0 Å². The highest BCUT2D eigenvalue weighted by molar-refractivity contribution is 8.00. The van der Waals surface area contributed by atoms with Crippen LogP contribution < -0.4 is 27.7 Å². The Kier molecular flexibility index (Phi) is 14.9. The Labute approximate surface area is 330 Å². The van der Waals surface area contributed by atoms with Crippen LogP contribution in [0.2, 0.25) is 0 Å². The number of aliphatic hydroxyl groups excluding tert-OH is 7. The molecule has 0 unspecified atom stereocenters. The number of nitrogens with zero attached hydrogens (tertiary/aromatic N) is 2. The monoisotopic (exact) mass is 825 g/mol. The maximum absolute atomic E-state index is 12.5. The minimum absolute atomic E-state index is 0.0849. The fraction of sp³-hybridized carbons (Fsp3) is 0.611. The van der Waals surface area contributed by atoms with Gasteiger partial charge < -0.3 is 77.6 Å². The number of ether oxygens (including phenoxy) is 4. The van der Waals surface area contributed by atoms with E-state index in [1.165, 1.54) is 0 Å². The molecular weight excluding hydrogens is 770 g/mol. The number of hydrogen-bond donors (Lipinski definition) is 12. The SMILES string of the molecule is CC1=C(c2ccc(C)c(C)c2)S(=O)(=O)NC1=NCc1ccccn1.NC[C@H]1O[C@H](O[C@H]2[C@H](O)[C@@H](O[C@H]3O[C@H](CO)[C@@H](O)[C@H](N)[C@H]3O)[C@H](N)C[C@@H]2N)[C@H](O)[C@@H](O)[C@@H]1O. The number of amidine groups is 1. The van der Waals surface area contributed by atoms with Crippen molar-refractivity contribution in [2.75, 3.05) is 13.2 Å². The van der Waals surface area contributed by atoms with Crippen molar-refractivity contribution in [3.8, 4) is 0 Å². The molecule has 2 saturated heterocycles. The first kappa shape index (κ1) is 45.0. The highest BCUT2D eigenvalue weighted by Gasteiger charge is 2.51. The minimum Gasteiger partial charge on any atom is -0.394 e. The number of nitrogens with two attached hydrogens (primary N) is 4. The van der Waals surface area contributed by atoms with Gasteiger partial charge in [-0.15, -0.1) is 0 Å². The Balaban J connectivity index is 0.000000228. The van der Waals surface area contributed by atoms with Gasteiger partial charge in [0.15, 0.2) is 12.6 Å². The molecule has 21 heteroatoms. The fourth-order valence-corrected chi connectivity index (χ4v) is 8.53. The van der Waals surface area contributed by atoms with Crippen LogP contribution >= 0.6 is 0 Å². The summed E-state index contributed by atoms with van der Waals surface area (Å²) < 4.78 is 49.8. The summed E-state index contributed by atoms with van der Waals surface area (Å²) in [4.78, 5) is 8.89. The van der Waals surface area contributed by atoms with Crippen molar-refractivity contribution < 1.29 is 63.1 Å². The second-order valence-electron chi connectivity index (χ2n) is 14.6. The van der Waals surface area contributed by atoms with Crippen LogP contribution in [0.4, 0.5) is 0 Å². The van der Waals surface area contributed by atoms with Crippen LogP contribution in [0, 0.1) is 13.8 Å². The van der Waals surface area contributed by atoms with Crippen LogP contribution in [0.5, 0.6) is 0 Å². The zero-order valence-corrected chi connectivity index (χ0v) is 32.5. The van der Waals surface area contributed by atoms with Crippen LogP contribution in [0.15, 0.2) is 53.2 Å². The molecule has 16 N–H and O–H groups in total. The first-order valence-electron chi connectivity index (χ1n) is 18.4. The number of sulfonamides is 1. The van der Waals surface area contributed by atoms with E-state index in [0.717, 1.165) is 16.8 Å². The lowest BCUT2D eigenvalue weighted by Gasteiger charge is -2.48. The maximum Gasteiger partial charge on any atom is 0.264 e. The van der Waals surface area contributed by atoms with Gasteiger partial charge in [0.05, 0.1) is 24.9 Å². The summed E-state index contributed by atoms with van der Waals surface area (Å²) in [6.07, 6.45) is -14.8. The number of aromatic nitrogens is 1. The van der Waals surface area contributed by atoms with Gasteiger partial charge in [0.2, 0.25) is 0 Å². The lowest BCUT2D eigenvalue weighted by molar-refractivity contribution is -0.332. The quantitative estimate of drug-likeness (QED) is 0.114. The van der Waals surface area contributed by atoms with Crippen molar-refractivity contribution in [3.05, 3.63) is 70.6 Å². The van der Waals surface area contributed by atoms with Crippen LogP contribution in [0.3, 0.4) is 0 Å². The number of nitrogens with one attached hydrogen (secondary N) is 1. The van der Waals surface area contributed by atoms with Gasteiger partial charge in [0.1, 0.15) is 71.8 Å². The smallest absolute Gasteiger partial charge is 0.264 e. The van der Waals surface area contributed by atoms with Gasteiger partial charge in [-0.25, -0.2) is 8.42 Å². The van der Waals surface area contributed by atoms with Gasteiger partial charge in [-0.2, -0.15) is 0 Å². The number of benzene rings is 1. The number of rotatable bonds is 9. The Bertz CT molecular complexity index is 1790. The predicted molar refractivity (Wildman–Crippen MR) is 204 cm³/mol. The van der Waals surface area contributed by atoms with E-state index in [1.807, 2.05) is 50.2 Å². The normalized spacial score (nSPS) is 38.7. The lowest BCUT2D eigenvalue weighted by Crippen LogP contribution is -2.68. The molecule has 318 valence electrons. The summed E-state index contributed by atoms with van der Waals surface area (Å²) in [6.45, 7) is 5.32. The van der Waals surface area contributed by atoms with Crippen molar-refractivity contribution in [2.24, 2.45) is 27.9 Å². The van der Waals surface area contributed by atoms with E-state index in [-0.39, 0.29) is 13.0 Å². The Morgan fingerprint density at radius 1 is 0.825 bits per heavy atom. The molecule has 57 heavy (non-hydrogen) atoms. The van der Waals surface area contributed by atoms with Crippen molar-refractivity contribution in [2.45, 2.75) is 125 Å². The van der Waals surface area contributed by atoms with E-state index in [1.54, 1.807) is 13.1 Å². The second-order valence-corrected chi connectivity index (χ2v) is 16.3. The summed E-state index contributed by atoms with van der Waals surface area (Å²) in [5, 5.41) is 70.9. The lowest BCUT2D eigenvalue weighted by atomic mass is 9.84. The molecule has 6 rings (SSSR count). The maximum atomic E-state index is 12.5. The number of pyridine rings is 1. The van der Waals surface area contributed by atoms with Crippen LogP contribution in [0.25, 0.3) is 4.91 Å². The van der Waals surface area contributed by atoms with Gasteiger partial charge >= 0.3 is 0 Å². The Morgan fingerprint density at radius 2 is 1.46 bits per heavy atom. The van der Waals surface area contributed by atoms with E-state index in [0.29, 0.717) is 28.4 Å². The summed E-state index contributed by atoms with van der Waals surface area (Å²) in [7, 11) is -3.59. The summed E-state index contributed by atoms with van der Waals surface area (Å²) >= 11 is 0. The van der Waals surface area contributed by atoms with Gasteiger partial charge in [0.25, 0.3) is 10.0 Å². The average molecular weight is 826 g/mol. The first-order chi connectivity index (χ1) is 26.9. The number of aryl methyl sites for hydroxylation is 2. The minimum atomic E-state index is -3.59. The van der Waals surface area contributed by atoms with Gasteiger partial charge in [-0.3, -0.25) is 14.7 Å². The third-order valence-electron chi connectivity index (χ3n) is 10.6. The molecule has 15 atom stereocenters. The highest BCUT2D eigenvalue weighted by Crippen LogP contribution is 2.33. The molecule has 1 aromatic heterocycles. The van der Waals surface area contributed by atoms with E-state index in [2.05, 4.69) is 14.7 Å². The Hall–Kier alpha value is -3.07. The van der Waals surface area contributed by atoms with Crippen molar-refractivity contribution in [3.63, 3.8) is 0 Å². The van der Waals surface area contributed by atoms with Crippen molar-refractivity contribution >= 4 is 20.8 Å². The highest BCUT2D eigenvalue weighted by atomic mass is 32.2. The first-order valence-corrected chi connectivity index (χ1v) is 19.9. The van der Waals surface area contributed by atoms with Gasteiger partial charge in [-0.05, 0) is 56.0 Å². The van der Waals surface area contributed by atoms with Gasteiger partial charge in [-0.1, -0.05) is 24.3 Å². The van der Waals surface area contributed by atoms with E-state index in [4.69, 9.17) is 41.9 Å². The molecule has 0 amide bonds. The summed E-state index contributed by atoms with van der Waals surface area (Å²) in [5.74, 6) is 0.383. The summed E-state index contributed by atoms with van der Waals surface area (Å²) in [6, 6.07) is 8.37. The molecule has 2 aromatic rings. The molecule has 1 aromatic carbocycles. The molecule has 0 radical (unpaired) electrons. The molecule has 3 aliphatic heterocycles. The third kappa shape index (κ3) is 9.87. The van der Waals surface area contributed by atoms with Crippen LogP contribution in [-0.2, 0) is 35.5 Å². The topological polar surface area (TPSA) is 354 Å². The molecule has 1 saturated carbocycles. The number of aliphatic imine (C=N–C) groups is 1. The average Bonchev–Trinajstić information content (AvgIpc) is 3.42. The predicted octanol–water partition coefficient (Wildman–Crippen LogP) is -4.33. The molecule has 3 fully saturated rings. The van der Waals surface area contributed by atoms with Crippen molar-refractivity contribution in [1.82, 2.24) is 9.71 Å². The molecule has 1 aliphatic carbocycles. The molecule has 0 bridgehead atoms. The molecule has 0 spiro atoms. The summed E-state index contributed by atoms with van der Waals surface area (Å²) in [5.41, 5.74) is 27.8. The van der Waals surface area contributed by atoms with E-state index >= 15 is 0 Å². The van der Waals surface area contributed by atoms with E-state index in [9.17, 15) is 44.2 Å². The zero-order valence-electron chi connectivity index (χ0n) is 31.7. The second kappa shape index (κ2) is 18.9. The fourth-order valence-electron chi connectivity index (χ4n) is 7.02. The van der Waals surface area contributed by atoms with Crippen LogP contribution in [0.1, 0.15) is 35.7 Å². The van der Waals surface area contributed by atoms with E-state index < -0.39 is 108 Å². The third-order valence-corrected chi connectivity index (χ3v) is 12.1. The van der Waals surface area contributed by atoms with Gasteiger partial charge in [0, 0.05) is 30.4 Å². The molecule has 20 nitrogen and oxygen atoms in total. The molecule has 4 heterocycles. The largest absolute Gasteiger partial charge is 0.394 e. The standard InChI is InChI=1S/C18H36N4O11.C18H19N3O2S/c19-2-6-10(25)12(27)13(28)18(30-6)33-16-5(21)1-4(20)15(14(16)29)32-17-11(26)8(22)9(24)7(3-23)31-17;1-12-7-8-15(10-13(12)2)17-14(3)18(21-24(17,22)23)20-11-16-6-4-5-9-19-16/h4-18,23-29H,1-3,19-22H2;4-10H,11H2,1-3H3,(H,20,21)/t4-,5+,6-,7-,8+,9-,10-,11-,12+,13-,14-,15+,16-,17-,18-;/m1./s1. The van der Waals surface area contributed by atoms with Crippen LogP contribution in [-0.4, -0.2) is 160 Å².